The number of hydrogen-bond acceptors (Lipinski definition) is 8. The highest BCUT2D eigenvalue weighted by Crippen LogP contribution is 2.24. The van der Waals surface area contributed by atoms with Crippen LogP contribution in [-0.2, 0) is 0 Å². The van der Waals surface area contributed by atoms with E-state index in [1.807, 2.05) is 18.2 Å². The van der Waals surface area contributed by atoms with E-state index >= 15 is 0 Å². The van der Waals surface area contributed by atoms with E-state index < -0.39 is 11.6 Å². The number of H-pyrrole nitrogens is 1. The molecule has 32 heavy (non-hydrogen) atoms. The summed E-state index contributed by atoms with van der Waals surface area (Å²) in [7, 11) is 0. The van der Waals surface area contributed by atoms with Crippen LogP contribution in [0.4, 0.5) is 11.8 Å². The van der Waals surface area contributed by atoms with Crippen molar-refractivity contribution < 1.29 is 0 Å². The molecule has 11 nitrogen and oxygen atoms in total. The molecular weight excluding hydrogens is 434 g/mol. The molecule has 0 fully saturated rings. The van der Waals surface area contributed by atoms with Crippen LogP contribution in [0.2, 0.25) is 5.02 Å². The molecule has 0 unspecified atom stereocenters. The Bertz CT molecular complexity index is 1590. The summed E-state index contributed by atoms with van der Waals surface area (Å²) in [6, 6.07) is 10.1. The van der Waals surface area contributed by atoms with Gasteiger partial charge in [0.25, 0.3) is 11.1 Å². The number of fused-ring (bicyclic) bond motifs is 2. The van der Waals surface area contributed by atoms with Crippen LogP contribution in [-0.4, -0.2) is 34.1 Å². The molecule has 4 heterocycles. The molecule has 4 aromatic heterocycles. The van der Waals surface area contributed by atoms with E-state index in [4.69, 9.17) is 17.3 Å². The standard InChI is InChI=1S/C20H16ClN9O2/c1-10(25-16-13-15(26-20(22)27-16)23-9-24-18(13)31)17-28-29-8-7-12(21)14(29)19(32)30(17)11-5-3-2-4-6-11/h2-10H,1H3,(H4,22,23,24,25,26,27,31)/t10-/m0/s1. The highest BCUT2D eigenvalue weighted by Gasteiger charge is 2.22. The Morgan fingerprint density at radius 1 is 1.16 bits per heavy atom. The number of halogens is 1. The van der Waals surface area contributed by atoms with Gasteiger partial charge in [-0.1, -0.05) is 29.8 Å². The van der Waals surface area contributed by atoms with E-state index in [-0.39, 0.29) is 33.9 Å². The first-order valence-corrected chi connectivity index (χ1v) is 9.94. The Balaban J connectivity index is 1.71. The van der Waals surface area contributed by atoms with Crippen LogP contribution in [0.5, 0.6) is 0 Å². The van der Waals surface area contributed by atoms with Gasteiger partial charge in [-0.25, -0.2) is 9.50 Å². The zero-order valence-corrected chi connectivity index (χ0v) is 17.4. The van der Waals surface area contributed by atoms with Crippen LogP contribution in [0.1, 0.15) is 18.8 Å². The summed E-state index contributed by atoms with van der Waals surface area (Å²) in [5.41, 5.74) is 6.06. The molecule has 5 aromatic rings. The van der Waals surface area contributed by atoms with Crippen molar-refractivity contribution in [2.45, 2.75) is 13.0 Å². The Kier molecular flexibility index (Phi) is 4.59. The van der Waals surface area contributed by atoms with E-state index in [1.165, 1.54) is 15.4 Å². The zero-order valence-electron chi connectivity index (χ0n) is 16.7. The first-order valence-electron chi connectivity index (χ1n) is 9.56. The van der Waals surface area contributed by atoms with Crippen molar-refractivity contribution in [1.29, 1.82) is 0 Å². The topological polar surface area (TPSA) is 149 Å². The minimum absolute atomic E-state index is 0.0497. The fourth-order valence-corrected chi connectivity index (χ4v) is 3.74. The summed E-state index contributed by atoms with van der Waals surface area (Å²) in [6.45, 7) is 1.78. The highest BCUT2D eigenvalue weighted by atomic mass is 35.5. The van der Waals surface area contributed by atoms with Gasteiger partial charge in [-0.2, -0.15) is 15.1 Å². The smallest absolute Gasteiger partial charge is 0.284 e. The first kappa shape index (κ1) is 19.7. The van der Waals surface area contributed by atoms with Crippen LogP contribution in [0.15, 0.2) is 58.5 Å². The molecule has 160 valence electrons. The number of nitrogens with one attached hydrogen (secondary N) is 2. The summed E-state index contributed by atoms with van der Waals surface area (Å²) in [5.74, 6) is 0.492. The SMILES string of the molecule is C[C@H](Nc1nc(N)nc2nc[nH]c(=O)c12)c1nn2ccc(Cl)c2c(=O)n1-c1ccccc1. The van der Waals surface area contributed by atoms with Crippen LogP contribution in [0, 0.1) is 0 Å². The molecule has 0 aliphatic carbocycles. The molecule has 0 saturated heterocycles. The number of benzene rings is 1. The molecule has 0 spiro atoms. The summed E-state index contributed by atoms with van der Waals surface area (Å²) < 4.78 is 2.90. The molecule has 0 aliphatic heterocycles. The monoisotopic (exact) mass is 449 g/mol. The lowest BCUT2D eigenvalue weighted by Crippen LogP contribution is -2.29. The summed E-state index contributed by atoms with van der Waals surface area (Å²) in [6.07, 6.45) is 2.85. The molecule has 0 amide bonds. The van der Waals surface area contributed by atoms with Crippen LogP contribution in [0.25, 0.3) is 22.2 Å². The predicted molar refractivity (Wildman–Crippen MR) is 120 cm³/mol. The number of aromatic amines is 1. The van der Waals surface area contributed by atoms with Crippen molar-refractivity contribution in [3.63, 3.8) is 0 Å². The third-order valence-corrected chi connectivity index (χ3v) is 5.24. The maximum atomic E-state index is 13.4. The summed E-state index contributed by atoms with van der Waals surface area (Å²) in [5, 5.41) is 8.19. The van der Waals surface area contributed by atoms with E-state index in [1.54, 1.807) is 31.3 Å². The van der Waals surface area contributed by atoms with Gasteiger partial charge in [0, 0.05) is 6.20 Å². The number of hydrogen-bond donors (Lipinski definition) is 3. The average molecular weight is 450 g/mol. The van der Waals surface area contributed by atoms with Crippen LogP contribution in [0.3, 0.4) is 0 Å². The van der Waals surface area contributed by atoms with Gasteiger partial charge >= 0.3 is 0 Å². The first-order chi connectivity index (χ1) is 15.4. The molecule has 1 atom stereocenters. The van der Waals surface area contributed by atoms with Crippen molar-refractivity contribution in [2.75, 3.05) is 11.1 Å². The quantitative estimate of drug-likeness (QED) is 0.376. The maximum absolute atomic E-state index is 13.4. The third-order valence-electron chi connectivity index (χ3n) is 4.93. The number of anilines is 2. The molecular formula is C20H16ClN9O2. The van der Waals surface area contributed by atoms with Gasteiger partial charge in [-0.15, -0.1) is 0 Å². The van der Waals surface area contributed by atoms with Crippen molar-refractivity contribution in [1.82, 2.24) is 34.1 Å². The average Bonchev–Trinajstić information content (AvgIpc) is 3.15. The fraction of sp³-hybridized carbons (Fsp3) is 0.100. The normalized spacial score (nSPS) is 12.3. The Hall–Kier alpha value is -4.25. The number of nitrogens with zero attached hydrogens (tertiary/aromatic N) is 6. The summed E-state index contributed by atoms with van der Waals surface area (Å²) in [4.78, 5) is 40.5. The molecule has 0 aliphatic rings. The highest BCUT2D eigenvalue weighted by molar-refractivity contribution is 6.33. The molecule has 0 radical (unpaired) electrons. The lowest BCUT2D eigenvalue weighted by atomic mass is 10.2. The fourth-order valence-electron chi connectivity index (χ4n) is 3.52. The molecule has 0 bridgehead atoms. The van der Waals surface area contributed by atoms with Crippen molar-refractivity contribution in [2.24, 2.45) is 0 Å². The predicted octanol–water partition coefficient (Wildman–Crippen LogP) is 1.92. The van der Waals surface area contributed by atoms with Gasteiger partial charge in [0.2, 0.25) is 5.95 Å². The van der Waals surface area contributed by atoms with Crippen LogP contribution >= 0.6 is 11.6 Å². The minimum Gasteiger partial charge on any atom is -0.368 e. The number of para-hydroxylation sites is 1. The Labute approximate surface area is 184 Å². The van der Waals surface area contributed by atoms with Gasteiger partial charge in [0.05, 0.1) is 23.1 Å². The largest absolute Gasteiger partial charge is 0.368 e. The van der Waals surface area contributed by atoms with Gasteiger partial charge in [-0.3, -0.25) is 14.2 Å². The third kappa shape index (κ3) is 3.15. The Morgan fingerprint density at radius 3 is 2.72 bits per heavy atom. The van der Waals surface area contributed by atoms with E-state index in [0.717, 1.165) is 0 Å². The lowest BCUT2D eigenvalue weighted by molar-refractivity contribution is 0.673. The summed E-state index contributed by atoms with van der Waals surface area (Å²) >= 11 is 6.23. The van der Waals surface area contributed by atoms with Crippen molar-refractivity contribution >= 4 is 39.9 Å². The maximum Gasteiger partial charge on any atom is 0.284 e. The molecule has 1 aromatic carbocycles. The second-order valence-corrected chi connectivity index (χ2v) is 7.43. The number of nitrogens with two attached hydrogens (primary N) is 1. The van der Waals surface area contributed by atoms with E-state index in [9.17, 15) is 9.59 Å². The molecule has 12 heteroatoms. The molecule has 0 saturated carbocycles. The van der Waals surface area contributed by atoms with Gasteiger partial charge in [0.1, 0.15) is 16.7 Å². The lowest BCUT2D eigenvalue weighted by Gasteiger charge is -2.20. The minimum atomic E-state index is -0.578. The number of rotatable bonds is 4. The second kappa shape index (κ2) is 7.46. The molecule has 5 rings (SSSR count). The Morgan fingerprint density at radius 2 is 1.94 bits per heavy atom. The number of nitrogen functional groups attached to an aromatic ring is 1. The zero-order chi connectivity index (χ0) is 22.4. The van der Waals surface area contributed by atoms with Crippen molar-refractivity contribution in [3.8, 4) is 5.69 Å². The van der Waals surface area contributed by atoms with Gasteiger partial charge < -0.3 is 16.0 Å². The van der Waals surface area contributed by atoms with Crippen LogP contribution < -0.4 is 22.2 Å². The van der Waals surface area contributed by atoms with Gasteiger partial charge in [-0.05, 0) is 25.1 Å². The molecule has 4 N–H and O–H groups in total. The van der Waals surface area contributed by atoms with E-state index in [0.29, 0.717) is 16.5 Å². The van der Waals surface area contributed by atoms with Crippen molar-refractivity contribution in [3.05, 3.63) is 80.5 Å². The van der Waals surface area contributed by atoms with Gasteiger partial charge in [0.15, 0.2) is 11.5 Å². The number of aromatic nitrogens is 7. The van der Waals surface area contributed by atoms with E-state index in [2.05, 4.69) is 30.4 Å². The second-order valence-electron chi connectivity index (χ2n) is 7.02.